The Morgan fingerprint density at radius 1 is 1.00 bits per heavy atom. The number of ether oxygens (including phenoxy) is 1. The van der Waals surface area contributed by atoms with Crippen molar-refractivity contribution in [2.45, 2.75) is 36.2 Å². The van der Waals surface area contributed by atoms with Crippen molar-refractivity contribution in [2.24, 2.45) is 17.8 Å². The van der Waals surface area contributed by atoms with Crippen molar-refractivity contribution in [1.82, 2.24) is 0 Å². The summed E-state index contributed by atoms with van der Waals surface area (Å²) in [5, 5.41) is 4.95. The summed E-state index contributed by atoms with van der Waals surface area (Å²) in [6.45, 7) is -0.220. The van der Waals surface area contributed by atoms with E-state index in [2.05, 4.69) is 28.8 Å². The van der Waals surface area contributed by atoms with E-state index in [0.29, 0.717) is 15.9 Å². The summed E-state index contributed by atoms with van der Waals surface area (Å²) in [6, 6.07) is 13.7. The Hall–Kier alpha value is -1.66. The average Bonchev–Trinajstić information content (AvgIpc) is 3.22. The summed E-state index contributed by atoms with van der Waals surface area (Å²) in [4.78, 5) is 25.2. The summed E-state index contributed by atoms with van der Waals surface area (Å²) in [5.41, 5.74) is 0.749. The number of rotatable bonds is 4. The monoisotopic (exact) mass is 441 g/mol. The van der Waals surface area contributed by atoms with E-state index in [1.165, 1.54) is 30.8 Å². The average molecular weight is 442 g/mol. The molecule has 1 N–H and O–H groups in total. The SMILES string of the molecule is O=C(COC(=O)C1C[C@H]2CCC[C@@H](C1)C21SCCS1)Nc1cccc2ccccc12. The van der Waals surface area contributed by atoms with Crippen LogP contribution in [-0.2, 0) is 14.3 Å². The number of benzene rings is 2. The van der Waals surface area contributed by atoms with Crippen LogP contribution in [0.25, 0.3) is 10.8 Å². The van der Waals surface area contributed by atoms with Crippen LogP contribution in [0, 0.1) is 17.8 Å². The number of nitrogens with one attached hydrogen (secondary N) is 1. The van der Waals surface area contributed by atoms with E-state index < -0.39 is 0 Å². The summed E-state index contributed by atoms with van der Waals surface area (Å²) in [7, 11) is 0. The maximum absolute atomic E-state index is 12.8. The molecule has 30 heavy (non-hydrogen) atoms. The normalized spacial score (nSPS) is 27.1. The molecular formula is C24H27NO3S2. The number of amides is 1. The molecule has 2 aliphatic carbocycles. The van der Waals surface area contributed by atoms with Crippen molar-refractivity contribution < 1.29 is 14.3 Å². The molecule has 3 atom stereocenters. The smallest absolute Gasteiger partial charge is 0.309 e. The number of anilines is 1. The van der Waals surface area contributed by atoms with Crippen molar-refractivity contribution in [1.29, 1.82) is 0 Å². The van der Waals surface area contributed by atoms with Crippen LogP contribution in [0.3, 0.4) is 0 Å². The Morgan fingerprint density at radius 3 is 2.47 bits per heavy atom. The molecule has 1 heterocycles. The fourth-order valence-electron chi connectivity index (χ4n) is 5.58. The van der Waals surface area contributed by atoms with E-state index in [-0.39, 0.29) is 24.4 Å². The molecule has 4 nitrogen and oxygen atoms in total. The molecule has 1 amide bonds. The van der Waals surface area contributed by atoms with Crippen molar-refractivity contribution >= 4 is 51.9 Å². The third kappa shape index (κ3) is 3.73. The minimum atomic E-state index is -0.283. The van der Waals surface area contributed by atoms with Crippen LogP contribution in [0.4, 0.5) is 5.69 Å². The van der Waals surface area contributed by atoms with Gasteiger partial charge in [0.2, 0.25) is 0 Å². The Labute approximate surface area is 185 Å². The first kappa shape index (κ1) is 20.3. The predicted octanol–water partition coefficient (Wildman–Crippen LogP) is 5.32. The zero-order chi connectivity index (χ0) is 20.6. The molecule has 2 saturated carbocycles. The standard InChI is InChI=1S/C24H27NO3S2/c26-22(25-21-10-3-6-16-5-1-2-9-20(16)21)15-28-23(27)17-13-18-7-4-8-19(14-17)24(18)29-11-12-30-24/h1-3,5-6,9-10,17-19H,4,7-8,11-15H2,(H,25,26)/t17?,18-,19+. The predicted molar refractivity (Wildman–Crippen MR) is 125 cm³/mol. The molecule has 0 aromatic heterocycles. The van der Waals surface area contributed by atoms with Crippen LogP contribution in [0.1, 0.15) is 32.1 Å². The van der Waals surface area contributed by atoms with E-state index in [1.54, 1.807) is 0 Å². The summed E-state index contributed by atoms with van der Waals surface area (Å²) in [6.07, 6.45) is 5.57. The first-order chi connectivity index (χ1) is 14.7. The van der Waals surface area contributed by atoms with Gasteiger partial charge < -0.3 is 10.1 Å². The van der Waals surface area contributed by atoms with Gasteiger partial charge in [0.1, 0.15) is 0 Å². The fourth-order valence-corrected chi connectivity index (χ4v) is 9.51. The van der Waals surface area contributed by atoms with Gasteiger partial charge in [0.15, 0.2) is 6.61 Å². The molecule has 6 heteroatoms. The molecule has 158 valence electrons. The van der Waals surface area contributed by atoms with E-state index in [1.807, 2.05) is 42.5 Å². The van der Waals surface area contributed by atoms with Crippen molar-refractivity contribution in [3.8, 4) is 0 Å². The van der Waals surface area contributed by atoms with Gasteiger partial charge in [0, 0.05) is 22.6 Å². The molecule has 0 radical (unpaired) electrons. The van der Waals surface area contributed by atoms with Crippen LogP contribution in [-0.4, -0.2) is 34.1 Å². The lowest BCUT2D eigenvalue weighted by atomic mass is 9.67. The summed E-state index contributed by atoms with van der Waals surface area (Å²) < 4.78 is 5.83. The zero-order valence-corrected chi connectivity index (χ0v) is 18.6. The second-order valence-electron chi connectivity index (χ2n) is 8.59. The highest BCUT2D eigenvalue weighted by atomic mass is 32.2. The van der Waals surface area contributed by atoms with Gasteiger partial charge >= 0.3 is 5.97 Å². The number of hydrogen-bond acceptors (Lipinski definition) is 5. The lowest BCUT2D eigenvalue weighted by Gasteiger charge is -2.51. The number of carbonyl (C=O) groups excluding carboxylic acids is 2. The number of hydrogen-bond donors (Lipinski definition) is 1. The molecule has 1 unspecified atom stereocenters. The van der Waals surface area contributed by atoms with E-state index in [0.717, 1.165) is 29.3 Å². The van der Waals surface area contributed by atoms with Gasteiger partial charge in [-0.25, -0.2) is 0 Å². The quantitative estimate of drug-likeness (QED) is 0.651. The van der Waals surface area contributed by atoms with Crippen LogP contribution in [0.15, 0.2) is 42.5 Å². The molecule has 3 aliphatic rings. The third-order valence-corrected chi connectivity index (χ3v) is 10.9. The number of carbonyl (C=O) groups is 2. The van der Waals surface area contributed by atoms with Crippen LogP contribution >= 0.6 is 23.5 Å². The molecule has 2 aromatic rings. The van der Waals surface area contributed by atoms with Crippen LogP contribution in [0.5, 0.6) is 0 Å². The largest absolute Gasteiger partial charge is 0.455 e. The van der Waals surface area contributed by atoms with Gasteiger partial charge in [-0.15, -0.1) is 23.5 Å². The first-order valence-corrected chi connectivity index (χ1v) is 12.8. The molecule has 5 rings (SSSR count). The second-order valence-corrected chi connectivity index (χ2v) is 11.6. The van der Waals surface area contributed by atoms with Gasteiger partial charge in [0.25, 0.3) is 5.91 Å². The molecule has 3 fully saturated rings. The topological polar surface area (TPSA) is 55.4 Å². The summed E-state index contributed by atoms with van der Waals surface area (Å²) in [5.74, 6) is 3.14. The summed E-state index contributed by atoms with van der Waals surface area (Å²) >= 11 is 4.28. The Kier molecular flexibility index (Phi) is 5.71. The van der Waals surface area contributed by atoms with E-state index >= 15 is 0 Å². The Balaban J connectivity index is 1.19. The number of thioether (sulfide) groups is 2. The second kappa shape index (κ2) is 8.46. The van der Waals surface area contributed by atoms with Gasteiger partial charge in [-0.1, -0.05) is 42.8 Å². The minimum Gasteiger partial charge on any atom is -0.455 e. The lowest BCUT2D eigenvalue weighted by molar-refractivity contribution is -0.154. The highest BCUT2D eigenvalue weighted by Crippen LogP contribution is 2.64. The van der Waals surface area contributed by atoms with Crippen molar-refractivity contribution in [3.05, 3.63) is 42.5 Å². The van der Waals surface area contributed by atoms with Gasteiger partial charge in [0.05, 0.1) is 10.00 Å². The van der Waals surface area contributed by atoms with E-state index in [4.69, 9.17) is 4.74 Å². The first-order valence-electron chi connectivity index (χ1n) is 10.9. The third-order valence-electron chi connectivity index (χ3n) is 6.86. The molecule has 1 saturated heterocycles. The molecule has 1 aliphatic heterocycles. The number of fused-ring (bicyclic) bond motifs is 1. The lowest BCUT2D eigenvalue weighted by Crippen LogP contribution is -2.48. The molecule has 1 spiro atoms. The molecule has 2 bridgehead atoms. The van der Waals surface area contributed by atoms with Gasteiger partial charge in [-0.3, -0.25) is 9.59 Å². The fraction of sp³-hybridized carbons (Fsp3) is 0.500. The molecular weight excluding hydrogens is 414 g/mol. The van der Waals surface area contributed by atoms with Crippen molar-refractivity contribution in [3.63, 3.8) is 0 Å². The maximum Gasteiger partial charge on any atom is 0.309 e. The highest BCUT2D eigenvalue weighted by Gasteiger charge is 2.55. The highest BCUT2D eigenvalue weighted by molar-refractivity contribution is 8.21. The zero-order valence-electron chi connectivity index (χ0n) is 17.0. The number of esters is 1. The Morgan fingerprint density at radius 2 is 1.70 bits per heavy atom. The van der Waals surface area contributed by atoms with Gasteiger partial charge in [-0.05, 0) is 49.0 Å². The van der Waals surface area contributed by atoms with E-state index in [9.17, 15) is 9.59 Å². The maximum atomic E-state index is 12.8. The van der Waals surface area contributed by atoms with Crippen LogP contribution in [0.2, 0.25) is 0 Å². The van der Waals surface area contributed by atoms with Crippen molar-refractivity contribution in [2.75, 3.05) is 23.4 Å². The van der Waals surface area contributed by atoms with Crippen LogP contribution < -0.4 is 5.32 Å². The van der Waals surface area contributed by atoms with Gasteiger partial charge in [-0.2, -0.15) is 0 Å². The minimum absolute atomic E-state index is 0.0573. The molecule has 2 aromatic carbocycles. The Bertz CT molecular complexity index is 935.